The number of hydrogen-bond donors (Lipinski definition) is 1. The van der Waals surface area contributed by atoms with Crippen molar-refractivity contribution < 1.29 is 13.2 Å². The van der Waals surface area contributed by atoms with Gasteiger partial charge in [0.15, 0.2) is 0 Å². The van der Waals surface area contributed by atoms with Crippen LogP contribution < -0.4 is 4.72 Å². The number of aromatic nitrogens is 1. The number of amides is 1. The second-order valence-electron chi connectivity index (χ2n) is 6.87. The lowest BCUT2D eigenvalue weighted by molar-refractivity contribution is -0.131. The van der Waals surface area contributed by atoms with Crippen LogP contribution in [-0.4, -0.2) is 37.3 Å². The average Bonchev–Trinajstić information content (AvgIpc) is 3.34. The van der Waals surface area contributed by atoms with Crippen LogP contribution in [0.5, 0.6) is 0 Å². The first-order valence-electron chi connectivity index (χ1n) is 9.34. The van der Waals surface area contributed by atoms with Gasteiger partial charge in [-0.15, -0.1) is 11.3 Å². The quantitative estimate of drug-likeness (QED) is 0.617. The molecule has 1 aliphatic rings. The van der Waals surface area contributed by atoms with Gasteiger partial charge in [-0.3, -0.25) is 4.79 Å². The molecule has 9 heteroatoms. The van der Waals surface area contributed by atoms with Gasteiger partial charge >= 0.3 is 0 Å². The van der Waals surface area contributed by atoms with E-state index in [-0.39, 0.29) is 29.8 Å². The van der Waals surface area contributed by atoms with Crippen molar-refractivity contribution in [1.82, 2.24) is 14.6 Å². The van der Waals surface area contributed by atoms with E-state index < -0.39 is 10.0 Å². The highest BCUT2D eigenvalue weighted by Crippen LogP contribution is 2.36. The topological polar surface area (TPSA) is 79.4 Å². The van der Waals surface area contributed by atoms with Crippen LogP contribution in [0, 0.1) is 0 Å². The molecule has 0 unspecified atom stereocenters. The van der Waals surface area contributed by atoms with Crippen LogP contribution in [0.3, 0.4) is 0 Å². The van der Waals surface area contributed by atoms with Gasteiger partial charge in [-0.05, 0) is 49.2 Å². The molecule has 6 nitrogen and oxygen atoms in total. The Morgan fingerprint density at radius 2 is 1.97 bits per heavy atom. The summed E-state index contributed by atoms with van der Waals surface area (Å²) < 4.78 is 28.3. The van der Waals surface area contributed by atoms with Gasteiger partial charge in [0.25, 0.3) is 0 Å². The Morgan fingerprint density at radius 1 is 1.21 bits per heavy atom. The number of carbonyl (C=O) groups is 1. The standard InChI is InChI=1S/C20H20ClN3O3S2/c21-14-7-9-15(10-8-14)29(26,27)22-12-11-19(25)24-13-3-5-17(24)20-23-16-4-1-2-6-18(16)28-20/h1-2,4,6-10,17,22H,3,5,11-13H2/t17-/m1/s1. The highest BCUT2D eigenvalue weighted by Gasteiger charge is 2.32. The Morgan fingerprint density at radius 3 is 2.72 bits per heavy atom. The predicted molar refractivity (Wildman–Crippen MR) is 115 cm³/mol. The average molecular weight is 450 g/mol. The molecular weight excluding hydrogens is 430 g/mol. The minimum absolute atomic E-state index is 0.0345. The number of carbonyl (C=O) groups excluding carboxylic acids is 1. The van der Waals surface area contributed by atoms with E-state index in [4.69, 9.17) is 16.6 Å². The number of rotatable bonds is 6. The minimum Gasteiger partial charge on any atom is -0.333 e. The largest absolute Gasteiger partial charge is 0.333 e. The van der Waals surface area contributed by atoms with Crippen molar-refractivity contribution in [3.05, 3.63) is 58.6 Å². The van der Waals surface area contributed by atoms with Crippen molar-refractivity contribution in [3.63, 3.8) is 0 Å². The lowest BCUT2D eigenvalue weighted by Crippen LogP contribution is -2.34. The molecular formula is C20H20ClN3O3S2. The number of nitrogens with one attached hydrogen (secondary N) is 1. The summed E-state index contributed by atoms with van der Waals surface area (Å²) in [5.74, 6) is -0.0643. The van der Waals surface area contributed by atoms with E-state index in [1.165, 1.54) is 24.3 Å². The Kier molecular flexibility index (Phi) is 5.87. The van der Waals surface area contributed by atoms with Crippen molar-refractivity contribution in [2.75, 3.05) is 13.1 Å². The van der Waals surface area contributed by atoms with Gasteiger partial charge in [-0.2, -0.15) is 0 Å². The highest BCUT2D eigenvalue weighted by molar-refractivity contribution is 7.89. The zero-order chi connectivity index (χ0) is 20.4. The van der Waals surface area contributed by atoms with Crippen LogP contribution in [-0.2, 0) is 14.8 Å². The molecule has 2 aromatic carbocycles. The van der Waals surface area contributed by atoms with Crippen molar-refractivity contribution in [1.29, 1.82) is 0 Å². The normalized spacial score (nSPS) is 17.1. The zero-order valence-corrected chi connectivity index (χ0v) is 17.9. The van der Waals surface area contributed by atoms with Crippen LogP contribution in [0.25, 0.3) is 10.2 Å². The second kappa shape index (κ2) is 8.39. The number of para-hydroxylation sites is 1. The third-order valence-corrected chi connectivity index (χ3v) is 7.79. The molecule has 1 aliphatic heterocycles. The fraction of sp³-hybridized carbons (Fsp3) is 0.300. The first-order valence-corrected chi connectivity index (χ1v) is 12.0. The van der Waals surface area contributed by atoms with Crippen LogP contribution >= 0.6 is 22.9 Å². The molecule has 1 amide bonds. The number of halogens is 1. The van der Waals surface area contributed by atoms with Crippen LogP contribution in [0.4, 0.5) is 0 Å². The monoisotopic (exact) mass is 449 g/mol. The van der Waals surface area contributed by atoms with Crippen molar-refractivity contribution >= 4 is 49.1 Å². The summed E-state index contributed by atoms with van der Waals surface area (Å²) in [7, 11) is -3.67. The molecule has 29 heavy (non-hydrogen) atoms. The number of likely N-dealkylation sites (tertiary alicyclic amines) is 1. The predicted octanol–water partition coefficient (Wildman–Crippen LogP) is 3.98. The number of sulfonamides is 1. The Bertz CT molecular complexity index is 1100. The van der Waals surface area contributed by atoms with E-state index in [9.17, 15) is 13.2 Å². The highest BCUT2D eigenvalue weighted by atomic mass is 35.5. The summed E-state index contributed by atoms with van der Waals surface area (Å²) in [4.78, 5) is 19.4. The van der Waals surface area contributed by atoms with Crippen molar-refractivity contribution in [3.8, 4) is 0 Å². The molecule has 3 aromatic rings. The number of hydrogen-bond acceptors (Lipinski definition) is 5. The maximum Gasteiger partial charge on any atom is 0.240 e. The molecule has 0 aliphatic carbocycles. The summed E-state index contributed by atoms with van der Waals surface area (Å²) in [6.07, 6.45) is 1.90. The van der Waals surface area contributed by atoms with E-state index in [2.05, 4.69) is 4.72 Å². The first kappa shape index (κ1) is 20.3. The van der Waals surface area contributed by atoms with Gasteiger partial charge in [0, 0.05) is 24.5 Å². The van der Waals surface area contributed by atoms with Gasteiger partial charge < -0.3 is 4.90 Å². The second-order valence-corrected chi connectivity index (χ2v) is 10.1. The lowest BCUT2D eigenvalue weighted by Gasteiger charge is -2.23. The molecule has 0 saturated carbocycles. The summed E-state index contributed by atoms with van der Waals surface area (Å²) in [5, 5.41) is 1.41. The molecule has 2 heterocycles. The number of fused-ring (bicyclic) bond motifs is 1. The van der Waals surface area contributed by atoms with E-state index in [0.717, 1.165) is 28.1 Å². The lowest BCUT2D eigenvalue weighted by atomic mass is 10.2. The molecule has 0 spiro atoms. The molecule has 0 radical (unpaired) electrons. The fourth-order valence-electron chi connectivity index (χ4n) is 3.49. The molecule has 1 fully saturated rings. The molecule has 1 saturated heterocycles. The Hall–Kier alpha value is -2.00. The van der Waals surface area contributed by atoms with Crippen LogP contribution in [0.1, 0.15) is 30.3 Å². The smallest absolute Gasteiger partial charge is 0.240 e. The van der Waals surface area contributed by atoms with Crippen molar-refractivity contribution in [2.24, 2.45) is 0 Å². The van der Waals surface area contributed by atoms with E-state index in [1.807, 2.05) is 29.2 Å². The molecule has 1 aromatic heterocycles. The number of nitrogens with zero attached hydrogens (tertiary/aromatic N) is 2. The first-order chi connectivity index (χ1) is 13.9. The summed E-state index contributed by atoms with van der Waals surface area (Å²) in [6.45, 7) is 0.718. The molecule has 152 valence electrons. The molecule has 1 atom stereocenters. The Labute approximate surface area is 178 Å². The van der Waals surface area contributed by atoms with Crippen molar-refractivity contribution in [2.45, 2.75) is 30.2 Å². The molecule has 0 bridgehead atoms. The van der Waals surface area contributed by atoms with Gasteiger partial charge in [-0.25, -0.2) is 18.1 Å². The summed E-state index contributed by atoms with van der Waals surface area (Å²) in [6, 6.07) is 13.8. The van der Waals surface area contributed by atoms with E-state index in [1.54, 1.807) is 11.3 Å². The maximum absolute atomic E-state index is 12.8. The summed E-state index contributed by atoms with van der Waals surface area (Å²) in [5.41, 5.74) is 0.947. The number of thiazole rings is 1. The zero-order valence-electron chi connectivity index (χ0n) is 15.5. The van der Waals surface area contributed by atoms with E-state index >= 15 is 0 Å². The third-order valence-electron chi connectivity index (χ3n) is 4.92. The summed E-state index contributed by atoms with van der Waals surface area (Å²) >= 11 is 7.42. The number of benzene rings is 2. The van der Waals surface area contributed by atoms with Gasteiger partial charge in [0.2, 0.25) is 15.9 Å². The SMILES string of the molecule is O=C(CCNS(=O)(=O)c1ccc(Cl)cc1)N1CCC[C@@H]1c1nc2ccccc2s1. The minimum atomic E-state index is -3.67. The van der Waals surface area contributed by atoms with Gasteiger partial charge in [-0.1, -0.05) is 23.7 Å². The Balaban J connectivity index is 1.39. The van der Waals surface area contributed by atoms with Gasteiger partial charge in [0.1, 0.15) is 5.01 Å². The third kappa shape index (κ3) is 4.45. The maximum atomic E-state index is 12.8. The molecule has 4 rings (SSSR count). The fourth-order valence-corrected chi connectivity index (χ4v) is 5.76. The van der Waals surface area contributed by atoms with E-state index in [0.29, 0.717) is 11.6 Å². The van der Waals surface area contributed by atoms with Gasteiger partial charge in [0.05, 0.1) is 21.2 Å². The van der Waals surface area contributed by atoms with Crippen LogP contribution in [0.2, 0.25) is 5.02 Å². The molecule has 1 N–H and O–H groups in total. The van der Waals surface area contributed by atoms with Crippen LogP contribution in [0.15, 0.2) is 53.4 Å².